The van der Waals surface area contributed by atoms with Crippen LogP contribution in [0.2, 0.25) is 0 Å². The predicted octanol–water partition coefficient (Wildman–Crippen LogP) is -0.914. The second-order valence-electron chi connectivity index (χ2n) is 8.62. The molecule has 0 heterocycles. The van der Waals surface area contributed by atoms with Crippen molar-refractivity contribution in [1.29, 1.82) is 0 Å². The molecule has 0 radical (unpaired) electrons. The number of phenolic OH excluding ortho intramolecular Hbond substituents is 1. The quantitative estimate of drug-likeness (QED) is 0.151. The van der Waals surface area contributed by atoms with Gasteiger partial charge in [0.15, 0.2) is 0 Å². The number of hydrogen-bond donors (Lipinski definition) is 7. The fourth-order valence-corrected chi connectivity index (χ4v) is 3.68. The SMILES string of the molecule is CSCCC(NC(=O)C(N)Cc1ccc(O)cc1)C(=O)NC(CC(N)=O)C(=O)NC(C(=O)O)C(C)C. The first-order valence-corrected chi connectivity index (χ1v) is 12.7. The zero-order valence-electron chi connectivity index (χ0n) is 20.5. The van der Waals surface area contributed by atoms with Crippen molar-refractivity contribution in [2.75, 3.05) is 12.0 Å². The number of rotatable bonds is 15. The number of carboxylic acid groups (broad SMARTS) is 1. The molecule has 200 valence electrons. The van der Waals surface area contributed by atoms with Gasteiger partial charge in [-0.15, -0.1) is 0 Å². The molecule has 4 amide bonds. The van der Waals surface area contributed by atoms with Gasteiger partial charge in [-0.2, -0.15) is 11.8 Å². The highest BCUT2D eigenvalue weighted by atomic mass is 32.2. The van der Waals surface area contributed by atoms with Crippen molar-refractivity contribution in [3.63, 3.8) is 0 Å². The van der Waals surface area contributed by atoms with E-state index in [9.17, 15) is 34.2 Å². The molecule has 0 saturated carbocycles. The van der Waals surface area contributed by atoms with Crippen LogP contribution < -0.4 is 27.4 Å². The number of phenols is 1. The van der Waals surface area contributed by atoms with Gasteiger partial charge in [0.1, 0.15) is 23.9 Å². The smallest absolute Gasteiger partial charge is 0.326 e. The number of primary amides is 1. The fraction of sp³-hybridized carbons (Fsp3) is 0.522. The maximum Gasteiger partial charge on any atom is 0.326 e. The summed E-state index contributed by atoms with van der Waals surface area (Å²) < 4.78 is 0. The van der Waals surface area contributed by atoms with E-state index in [0.29, 0.717) is 11.3 Å². The van der Waals surface area contributed by atoms with Crippen LogP contribution in [0.1, 0.15) is 32.3 Å². The van der Waals surface area contributed by atoms with Crippen LogP contribution in [0.3, 0.4) is 0 Å². The first-order valence-electron chi connectivity index (χ1n) is 11.3. The molecule has 1 aromatic rings. The summed E-state index contributed by atoms with van der Waals surface area (Å²) in [4.78, 5) is 61.4. The van der Waals surface area contributed by atoms with Crippen molar-refractivity contribution in [3.8, 4) is 5.75 Å². The summed E-state index contributed by atoms with van der Waals surface area (Å²) in [6.45, 7) is 3.19. The van der Waals surface area contributed by atoms with Gasteiger partial charge in [0.05, 0.1) is 12.5 Å². The second-order valence-corrected chi connectivity index (χ2v) is 9.61. The Morgan fingerprint density at radius 1 is 0.944 bits per heavy atom. The minimum Gasteiger partial charge on any atom is -0.508 e. The largest absolute Gasteiger partial charge is 0.508 e. The van der Waals surface area contributed by atoms with Crippen molar-refractivity contribution in [1.82, 2.24) is 16.0 Å². The molecule has 0 aliphatic rings. The van der Waals surface area contributed by atoms with Crippen LogP contribution in [0.25, 0.3) is 0 Å². The summed E-state index contributed by atoms with van der Waals surface area (Å²) in [5.74, 6) is -4.28. The summed E-state index contributed by atoms with van der Waals surface area (Å²) in [6, 6.07) is 1.43. The van der Waals surface area contributed by atoms with E-state index in [4.69, 9.17) is 11.5 Å². The molecule has 13 heteroatoms. The Morgan fingerprint density at radius 3 is 2.00 bits per heavy atom. The van der Waals surface area contributed by atoms with E-state index in [-0.39, 0.29) is 18.6 Å². The van der Waals surface area contributed by atoms with Crippen molar-refractivity contribution in [2.24, 2.45) is 17.4 Å². The van der Waals surface area contributed by atoms with E-state index in [1.54, 1.807) is 26.0 Å². The maximum atomic E-state index is 13.0. The lowest BCUT2D eigenvalue weighted by Crippen LogP contribution is -2.58. The Balaban J connectivity index is 2.95. The number of aliphatic carboxylic acids is 1. The Kier molecular flexibility index (Phi) is 12.7. The third-order valence-corrected chi connectivity index (χ3v) is 5.89. The minimum atomic E-state index is -1.44. The minimum absolute atomic E-state index is 0.0724. The molecule has 4 atom stereocenters. The number of hydrogen-bond acceptors (Lipinski definition) is 8. The molecular formula is C23H35N5O7S. The Bertz CT molecular complexity index is 926. The van der Waals surface area contributed by atoms with Crippen molar-refractivity contribution in [3.05, 3.63) is 29.8 Å². The summed E-state index contributed by atoms with van der Waals surface area (Å²) in [5.41, 5.74) is 11.9. The number of benzene rings is 1. The number of carboxylic acids is 1. The van der Waals surface area contributed by atoms with Crippen LogP contribution in [-0.4, -0.2) is 76.0 Å². The van der Waals surface area contributed by atoms with Gasteiger partial charge in [-0.05, 0) is 48.5 Å². The zero-order chi connectivity index (χ0) is 27.4. The maximum absolute atomic E-state index is 13.0. The molecule has 0 bridgehead atoms. The fourth-order valence-electron chi connectivity index (χ4n) is 3.21. The Morgan fingerprint density at radius 2 is 1.50 bits per heavy atom. The highest BCUT2D eigenvalue weighted by Gasteiger charge is 2.32. The first kappa shape index (κ1) is 30.7. The van der Waals surface area contributed by atoms with E-state index in [2.05, 4.69) is 16.0 Å². The third kappa shape index (κ3) is 10.5. The number of amides is 4. The summed E-state index contributed by atoms with van der Waals surface area (Å²) >= 11 is 1.43. The first-order chi connectivity index (χ1) is 16.8. The average Bonchev–Trinajstić information content (AvgIpc) is 2.79. The van der Waals surface area contributed by atoms with Gasteiger partial charge >= 0.3 is 5.97 Å². The van der Waals surface area contributed by atoms with Crippen molar-refractivity contribution < 1.29 is 34.2 Å². The molecule has 0 aliphatic heterocycles. The molecule has 0 aromatic heterocycles. The lowest BCUT2D eigenvalue weighted by atomic mass is 10.0. The topological polar surface area (TPSA) is 214 Å². The third-order valence-electron chi connectivity index (χ3n) is 5.24. The van der Waals surface area contributed by atoms with E-state index in [0.717, 1.165) is 0 Å². The van der Waals surface area contributed by atoms with Crippen LogP contribution in [0.4, 0.5) is 0 Å². The zero-order valence-corrected chi connectivity index (χ0v) is 21.3. The monoisotopic (exact) mass is 525 g/mol. The molecular weight excluding hydrogens is 490 g/mol. The molecule has 0 aliphatic carbocycles. The molecule has 0 saturated heterocycles. The summed E-state index contributed by atoms with van der Waals surface area (Å²) in [5, 5.41) is 26.0. The van der Waals surface area contributed by atoms with Gasteiger partial charge in [-0.3, -0.25) is 19.2 Å². The predicted molar refractivity (Wildman–Crippen MR) is 135 cm³/mol. The highest BCUT2D eigenvalue weighted by molar-refractivity contribution is 7.98. The van der Waals surface area contributed by atoms with Crippen molar-refractivity contribution in [2.45, 2.75) is 57.3 Å². The van der Waals surface area contributed by atoms with Crippen LogP contribution in [-0.2, 0) is 30.4 Å². The molecule has 12 nitrogen and oxygen atoms in total. The lowest BCUT2D eigenvalue weighted by molar-refractivity contribution is -0.143. The molecule has 0 spiro atoms. The molecule has 4 unspecified atom stereocenters. The number of thioether (sulfide) groups is 1. The van der Waals surface area contributed by atoms with Crippen LogP contribution in [0.15, 0.2) is 24.3 Å². The lowest BCUT2D eigenvalue weighted by Gasteiger charge is -2.25. The molecule has 9 N–H and O–H groups in total. The number of nitrogens with one attached hydrogen (secondary N) is 3. The Hall–Kier alpha value is -3.32. The van der Waals surface area contributed by atoms with E-state index < -0.39 is 66.1 Å². The molecule has 0 fully saturated rings. The van der Waals surface area contributed by atoms with Gasteiger partial charge in [0, 0.05) is 0 Å². The van der Waals surface area contributed by atoms with E-state index in [1.807, 2.05) is 6.26 Å². The van der Waals surface area contributed by atoms with Crippen LogP contribution in [0, 0.1) is 5.92 Å². The molecule has 1 rings (SSSR count). The number of carbonyl (C=O) groups is 5. The van der Waals surface area contributed by atoms with Gasteiger partial charge in [0.25, 0.3) is 0 Å². The molecule has 36 heavy (non-hydrogen) atoms. The number of aromatic hydroxyl groups is 1. The number of nitrogens with two attached hydrogens (primary N) is 2. The van der Waals surface area contributed by atoms with Crippen LogP contribution >= 0.6 is 11.8 Å². The normalized spacial score (nSPS) is 14.2. The van der Waals surface area contributed by atoms with Gasteiger partial charge in [0.2, 0.25) is 23.6 Å². The number of carbonyl (C=O) groups excluding carboxylic acids is 4. The molecule has 1 aromatic carbocycles. The van der Waals surface area contributed by atoms with Gasteiger partial charge < -0.3 is 37.6 Å². The summed E-state index contributed by atoms with van der Waals surface area (Å²) in [7, 11) is 0. The van der Waals surface area contributed by atoms with Crippen LogP contribution in [0.5, 0.6) is 5.75 Å². The summed E-state index contributed by atoms with van der Waals surface area (Å²) in [6.07, 6.45) is 1.61. The highest BCUT2D eigenvalue weighted by Crippen LogP contribution is 2.11. The standard InChI is InChI=1S/C23H35N5O7S/c1-12(2)19(23(34)35)28-22(33)17(11-18(25)30)27-21(32)16(8-9-36-3)26-20(31)15(24)10-13-4-6-14(29)7-5-13/h4-7,12,15-17,19,29H,8-11,24H2,1-3H3,(H2,25,30)(H,26,31)(H,27,32)(H,28,33)(H,34,35). The van der Waals surface area contributed by atoms with E-state index in [1.165, 1.54) is 23.9 Å². The second kappa shape index (κ2) is 14.9. The van der Waals surface area contributed by atoms with Crippen molar-refractivity contribution >= 4 is 41.4 Å². The van der Waals surface area contributed by atoms with E-state index >= 15 is 0 Å². The Labute approximate surface area is 213 Å². The van der Waals surface area contributed by atoms with Gasteiger partial charge in [-0.1, -0.05) is 26.0 Å². The van der Waals surface area contributed by atoms with Gasteiger partial charge in [-0.25, -0.2) is 4.79 Å². The average molecular weight is 526 g/mol.